The van der Waals surface area contributed by atoms with E-state index < -0.39 is 0 Å². The minimum absolute atomic E-state index is 0.106. The van der Waals surface area contributed by atoms with Crippen LogP contribution in [0, 0.1) is 0 Å². The van der Waals surface area contributed by atoms with Gasteiger partial charge in [0, 0.05) is 17.5 Å². The lowest BCUT2D eigenvalue weighted by molar-refractivity contribution is -0.119. The SMILES string of the molecule is O=C(CCl)NC1c2ccc(O)cc2OCC1c1ccc(O)cc1. The van der Waals surface area contributed by atoms with E-state index in [-0.39, 0.29) is 35.2 Å². The predicted octanol–water partition coefficient (Wildman–Crippen LogP) is 2.67. The Balaban J connectivity index is 2.00. The standard InChI is InChI=1S/C17H16ClNO4/c18-8-16(22)19-17-13-6-5-12(21)7-15(13)23-9-14(17)10-1-3-11(20)4-2-10/h1-7,14,17,20-21H,8-9H2,(H,19,22). The van der Waals surface area contributed by atoms with Crippen LogP contribution in [0.2, 0.25) is 0 Å². The second-order valence-corrected chi connectivity index (χ2v) is 5.68. The molecule has 6 heteroatoms. The minimum atomic E-state index is -0.324. The van der Waals surface area contributed by atoms with Crippen LogP contribution in [-0.4, -0.2) is 28.6 Å². The molecule has 0 saturated heterocycles. The molecule has 0 radical (unpaired) electrons. The summed E-state index contributed by atoms with van der Waals surface area (Å²) in [5.74, 6) is 0.292. The number of benzene rings is 2. The van der Waals surface area contributed by atoms with Crippen molar-refractivity contribution in [2.24, 2.45) is 0 Å². The number of aromatic hydroxyl groups is 2. The number of carbonyl (C=O) groups is 1. The number of alkyl halides is 1. The molecule has 1 heterocycles. The summed E-state index contributed by atoms with van der Waals surface area (Å²) >= 11 is 5.62. The zero-order valence-corrected chi connectivity index (χ0v) is 13.0. The molecule has 5 nitrogen and oxygen atoms in total. The Kier molecular flexibility index (Phi) is 4.30. The van der Waals surface area contributed by atoms with Crippen LogP contribution in [0.5, 0.6) is 17.2 Å². The number of amides is 1. The van der Waals surface area contributed by atoms with Crippen LogP contribution in [0.3, 0.4) is 0 Å². The van der Waals surface area contributed by atoms with Gasteiger partial charge in [-0.15, -0.1) is 11.6 Å². The highest BCUT2D eigenvalue weighted by Crippen LogP contribution is 2.42. The number of hydrogen-bond donors (Lipinski definition) is 3. The van der Waals surface area contributed by atoms with E-state index in [9.17, 15) is 15.0 Å². The van der Waals surface area contributed by atoms with Crippen molar-refractivity contribution in [2.45, 2.75) is 12.0 Å². The van der Waals surface area contributed by atoms with E-state index >= 15 is 0 Å². The Bertz CT molecular complexity index is 717. The van der Waals surface area contributed by atoms with Gasteiger partial charge in [-0.2, -0.15) is 0 Å². The molecule has 2 aromatic rings. The third-order valence-corrected chi connectivity index (χ3v) is 4.15. The van der Waals surface area contributed by atoms with E-state index in [1.165, 1.54) is 6.07 Å². The summed E-state index contributed by atoms with van der Waals surface area (Å²) in [6, 6.07) is 11.3. The van der Waals surface area contributed by atoms with Gasteiger partial charge in [0.15, 0.2) is 0 Å². The molecule has 1 amide bonds. The molecule has 0 spiro atoms. The molecule has 3 rings (SSSR count). The topological polar surface area (TPSA) is 78.8 Å². The maximum absolute atomic E-state index is 11.8. The van der Waals surface area contributed by atoms with Crippen LogP contribution in [0.4, 0.5) is 0 Å². The molecule has 0 fully saturated rings. The van der Waals surface area contributed by atoms with Crippen molar-refractivity contribution in [1.82, 2.24) is 5.32 Å². The Labute approximate surface area is 138 Å². The van der Waals surface area contributed by atoms with Crippen molar-refractivity contribution in [1.29, 1.82) is 0 Å². The number of fused-ring (bicyclic) bond motifs is 1. The molecule has 1 aliphatic rings. The van der Waals surface area contributed by atoms with Gasteiger partial charge in [-0.1, -0.05) is 12.1 Å². The van der Waals surface area contributed by atoms with Gasteiger partial charge in [0.1, 0.15) is 23.1 Å². The monoisotopic (exact) mass is 333 g/mol. The van der Waals surface area contributed by atoms with Crippen LogP contribution in [0.25, 0.3) is 0 Å². The number of nitrogens with one attached hydrogen (secondary N) is 1. The fraction of sp³-hybridized carbons (Fsp3) is 0.235. The zero-order valence-electron chi connectivity index (χ0n) is 12.2. The predicted molar refractivity (Wildman–Crippen MR) is 86.1 cm³/mol. The lowest BCUT2D eigenvalue weighted by Gasteiger charge is -2.34. The van der Waals surface area contributed by atoms with E-state index in [1.807, 2.05) is 0 Å². The smallest absolute Gasteiger partial charge is 0.235 e. The van der Waals surface area contributed by atoms with Crippen molar-refractivity contribution in [3.8, 4) is 17.2 Å². The lowest BCUT2D eigenvalue weighted by Crippen LogP contribution is -2.38. The van der Waals surface area contributed by atoms with E-state index in [1.54, 1.807) is 36.4 Å². The molecule has 3 N–H and O–H groups in total. The molecule has 0 saturated carbocycles. The van der Waals surface area contributed by atoms with Gasteiger partial charge in [-0.05, 0) is 29.8 Å². The number of hydrogen-bond acceptors (Lipinski definition) is 4. The molecule has 0 bridgehead atoms. The molecule has 0 aromatic heterocycles. The first-order valence-corrected chi connectivity index (χ1v) is 7.72. The largest absolute Gasteiger partial charge is 0.508 e. The Morgan fingerprint density at radius 3 is 2.57 bits per heavy atom. The summed E-state index contributed by atoms with van der Waals surface area (Å²) in [7, 11) is 0. The summed E-state index contributed by atoms with van der Waals surface area (Å²) < 4.78 is 5.74. The highest BCUT2D eigenvalue weighted by Gasteiger charge is 2.33. The summed E-state index contributed by atoms with van der Waals surface area (Å²) in [5, 5.41) is 22.0. The summed E-state index contributed by atoms with van der Waals surface area (Å²) in [4.78, 5) is 11.8. The molecule has 0 aliphatic carbocycles. The van der Waals surface area contributed by atoms with E-state index in [0.29, 0.717) is 12.4 Å². The average Bonchev–Trinajstić information content (AvgIpc) is 2.55. The third-order valence-electron chi connectivity index (χ3n) is 3.91. The van der Waals surface area contributed by atoms with E-state index in [4.69, 9.17) is 16.3 Å². The average molecular weight is 334 g/mol. The number of halogens is 1. The summed E-state index contributed by atoms with van der Waals surface area (Å²) in [6.07, 6.45) is 0. The first-order valence-electron chi connectivity index (χ1n) is 7.18. The number of phenols is 2. The van der Waals surface area contributed by atoms with Gasteiger partial charge in [-0.3, -0.25) is 4.79 Å². The highest BCUT2D eigenvalue weighted by atomic mass is 35.5. The van der Waals surface area contributed by atoms with Gasteiger partial charge >= 0.3 is 0 Å². The quantitative estimate of drug-likeness (QED) is 0.755. The van der Waals surface area contributed by atoms with Crippen molar-refractivity contribution in [3.63, 3.8) is 0 Å². The summed E-state index contributed by atoms with van der Waals surface area (Å²) in [5.41, 5.74) is 1.71. The minimum Gasteiger partial charge on any atom is -0.508 e. The molecule has 2 aromatic carbocycles. The van der Waals surface area contributed by atoms with Gasteiger partial charge in [0.2, 0.25) is 5.91 Å². The first kappa shape index (κ1) is 15.5. The molecule has 120 valence electrons. The maximum Gasteiger partial charge on any atom is 0.235 e. The zero-order chi connectivity index (χ0) is 16.4. The van der Waals surface area contributed by atoms with Crippen molar-refractivity contribution >= 4 is 17.5 Å². The second-order valence-electron chi connectivity index (χ2n) is 5.41. The van der Waals surface area contributed by atoms with Gasteiger partial charge in [0.05, 0.1) is 12.6 Å². The number of rotatable bonds is 3. The van der Waals surface area contributed by atoms with Crippen molar-refractivity contribution in [2.75, 3.05) is 12.5 Å². The van der Waals surface area contributed by atoms with Crippen LogP contribution in [-0.2, 0) is 4.79 Å². The Hall–Kier alpha value is -2.40. The second kappa shape index (κ2) is 6.38. The summed E-state index contributed by atoms with van der Waals surface area (Å²) in [6.45, 7) is 0.342. The van der Waals surface area contributed by atoms with Gasteiger partial charge in [-0.25, -0.2) is 0 Å². The molecule has 2 unspecified atom stereocenters. The van der Waals surface area contributed by atoms with Crippen molar-refractivity contribution in [3.05, 3.63) is 53.6 Å². The molecule has 2 atom stereocenters. The fourth-order valence-corrected chi connectivity index (χ4v) is 2.88. The van der Waals surface area contributed by atoms with E-state index in [0.717, 1.165) is 11.1 Å². The van der Waals surface area contributed by atoms with Crippen LogP contribution >= 0.6 is 11.6 Å². The molecular weight excluding hydrogens is 318 g/mol. The van der Waals surface area contributed by atoms with Gasteiger partial charge in [0.25, 0.3) is 0 Å². The van der Waals surface area contributed by atoms with Crippen molar-refractivity contribution < 1.29 is 19.7 Å². The molecular formula is C17H16ClNO4. The van der Waals surface area contributed by atoms with Crippen LogP contribution in [0.15, 0.2) is 42.5 Å². The molecule has 1 aliphatic heterocycles. The number of phenolic OH excluding ortho intramolecular Hbond substituents is 2. The first-order chi connectivity index (χ1) is 11.1. The van der Waals surface area contributed by atoms with Crippen LogP contribution in [0.1, 0.15) is 23.1 Å². The Morgan fingerprint density at radius 2 is 1.87 bits per heavy atom. The normalized spacial score (nSPS) is 19.5. The van der Waals surface area contributed by atoms with Gasteiger partial charge < -0.3 is 20.3 Å². The highest BCUT2D eigenvalue weighted by molar-refractivity contribution is 6.27. The van der Waals surface area contributed by atoms with Crippen LogP contribution < -0.4 is 10.1 Å². The van der Waals surface area contributed by atoms with E-state index in [2.05, 4.69) is 5.32 Å². The lowest BCUT2D eigenvalue weighted by atomic mass is 9.85. The number of ether oxygens (including phenoxy) is 1. The Morgan fingerprint density at radius 1 is 1.17 bits per heavy atom. The fourth-order valence-electron chi connectivity index (χ4n) is 2.80. The third kappa shape index (κ3) is 3.19. The number of carbonyl (C=O) groups excluding carboxylic acids is 1. The maximum atomic E-state index is 11.8. The molecule has 23 heavy (non-hydrogen) atoms.